The van der Waals surface area contributed by atoms with Crippen LogP contribution in [0.15, 0.2) is 224 Å². The quantitative estimate of drug-likeness (QED) is 0.155. The number of nitrogens with zero attached hydrogens (tertiary/aromatic N) is 1. The number of fused-ring (bicyclic) bond motifs is 6. The van der Waals surface area contributed by atoms with Gasteiger partial charge in [-0.15, -0.1) is 0 Å². The molecule has 1 heteroatoms. The van der Waals surface area contributed by atoms with Crippen LogP contribution in [0.25, 0.3) is 115 Å². The first-order chi connectivity index (χ1) is 29.2. The van der Waals surface area contributed by atoms with Crippen LogP contribution in [-0.4, -0.2) is 4.57 Å². The van der Waals surface area contributed by atoms with Gasteiger partial charge in [0.15, 0.2) is 0 Å². The minimum absolute atomic E-state index is 1.16. The SMILES string of the molecule is c1ccc(-c2c3ccccc3c(-c3ccc4cc5ccccc5cc4c3)c3ccc(-c4ccc(-c5cc6ccccc6n5-c5ccc6ccccc6c5)cc4)cc23)cc1. The Morgan fingerprint density at radius 2 is 0.763 bits per heavy atom. The van der Waals surface area contributed by atoms with Crippen molar-refractivity contribution < 1.29 is 0 Å². The summed E-state index contributed by atoms with van der Waals surface area (Å²) in [4.78, 5) is 0. The van der Waals surface area contributed by atoms with Gasteiger partial charge < -0.3 is 4.57 Å². The first-order valence-electron chi connectivity index (χ1n) is 20.4. The molecule has 0 aliphatic rings. The fraction of sp³-hybridized carbons (Fsp3) is 0. The molecule has 0 fully saturated rings. The molecule has 0 amide bonds. The van der Waals surface area contributed by atoms with Crippen molar-refractivity contribution in [1.82, 2.24) is 4.57 Å². The fourth-order valence-corrected chi connectivity index (χ4v) is 9.48. The summed E-state index contributed by atoms with van der Waals surface area (Å²) in [5.74, 6) is 0. The lowest BCUT2D eigenvalue weighted by atomic mass is 9.84. The second-order valence-electron chi connectivity index (χ2n) is 15.7. The largest absolute Gasteiger partial charge is 0.309 e. The van der Waals surface area contributed by atoms with Crippen molar-refractivity contribution in [2.24, 2.45) is 0 Å². The predicted molar refractivity (Wildman–Crippen MR) is 253 cm³/mol. The van der Waals surface area contributed by atoms with Crippen molar-refractivity contribution in [3.05, 3.63) is 224 Å². The molecule has 12 aromatic rings. The Morgan fingerprint density at radius 3 is 1.53 bits per heavy atom. The van der Waals surface area contributed by atoms with E-state index >= 15 is 0 Å². The third kappa shape index (κ3) is 5.55. The van der Waals surface area contributed by atoms with Gasteiger partial charge in [0.05, 0.1) is 11.2 Å². The van der Waals surface area contributed by atoms with Gasteiger partial charge in [-0.3, -0.25) is 0 Å². The Morgan fingerprint density at radius 1 is 0.237 bits per heavy atom. The first kappa shape index (κ1) is 33.4. The van der Waals surface area contributed by atoms with Crippen molar-refractivity contribution in [3.8, 4) is 50.3 Å². The third-order valence-electron chi connectivity index (χ3n) is 12.3. The molecule has 0 aliphatic carbocycles. The van der Waals surface area contributed by atoms with Gasteiger partial charge in [0.2, 0.25) is 0 Å². The predicted octanol–water partition coefficient (Wildman–Crippen LogP) is 16.1. The van der Waals surface area contributed by atoms with Crippen molar-refractivity contribution in [2.45, 2.75) is 0 Å². The summed E-state index contributed by atoms with van der Waals surface area (Å²) >= 11 is 0. The van der Waals surface area contributed by atoms with E-state index in [-0.39, 0.29) is 0 Å². The first-order valence-corrected chi connectivity index (χ1v) is 20.4. The van der Waals surface area contributed by atoms with Gasteiger partial charge >= 0.3 is 0 Å². The van der Waals surface area contributed by atoms with Gasteiger partial charge in [-0.25, -0.2) is 0 Å². The molecule has 1 heterocycles. The van der Waals surface area contributed by atoms with Crippen LogP contribution >= 0.6 is 0 Å². The van der Waals surface area contributed by atoms with Crippen LogP contribution in [0.3, 0.4) is 0 Å². The molecule has 0 bridgehead atoms. The summed E-state index contributed by atoms with van der Waals surface area (Å²) < 4.78 is 2.40. The highest BCUT2D eigenvalue weighted by Crippen LogP contribution is 2.45. The van der Waals surface area contributed by atoms with Crippen molar-refractivity contribution in [1.29, 1.82) is 0 Å². The Kier molecular flexibility index (Phi) is 7.61. The maximum atomic E-state index is 2.42. The molecular formula is C58H37N. The molecule has 1 aromatic heterocycles. The lowest BCUT2D eigenvalue weighted by molar-refractivity contribution is 1.14. The maximum Gasteiger partial charge on any atom is 0.0540 e. The van der Waals surface area contributed by atoms with Crippen molar-refractivity contribution in [2.75, 3.05) is 0 Å². The number of benzene rings is 11. The highest BCUT2D eigenvalue weighted by atomic mass is 15.0. The van der Waals surface area contributed by atoms with Crippen molar-refractivity contribution >= 4 is 64.8 Å². The summed E-state index contributed by atoms with van der Waals surface area (Å²) in [7, 11) is 0. The lowest BCUT2D eigenvalue weighted by Crippen LogP contribution is -1.97. The molecule has 0 saturated heterocycles. The minimum atomic E-state index is 1.16. The number of hydrogen-bond donors (Lipinski definition) is 0. The summed E-state index contributed by atoms with van der Waals surface area (Å²) in [6.45, 7) is 0. The molecule has 0 saturated carbocycles. The van der Waals surface area contributed by atoms with Gasteiger partial charge in [0.25, 0.3) is 0 Å². The van der Waals surface area contributed by atoms with Crippen LogP contribution in [0.2, 0.25) is 0 Å². The number of rotatable bonds is 5. The van der Waals surface area contributed by atoms with E-state index in [9.17, 15) is 0 Å². The number of hydrogen-bond acceptors (Lipinski definition) is 0. The zero-order chi connectivity index (χ0) is 38.9. The summed E-state index contributed by atoms with van der Waals surface area (Å²) in [6.07, 6.45) is 0. The molecule has 12 rings (SSSR count). The maximum absolute atomic E-state index is 2.42. The number of para-hydroxylation sites is 1. The van der Waals surface area contributed by atoms with E-state index in [0.717, 1.165) is 5.69 Å². The van der Waals surface area contributed by atoms with Crippen LogP contribution in [0, 0.1) is 0 Å². The molecule has 0 radical (unpaired) electrons. The fourth-order valence-electron chi connectivity index (χ4n) is 9.48. The summed E-state index contributed by atoms with van der Waals surface area (Å²) in [5, 5.41) is 13.8. The van der Waals surface area contributed by atoms with Crippen LogP contribution in [0.5, 0.6) is 0 Å². The second kappa shape index (κ2) is 13.4. The molecule has 0 N–H and O–H groups in total. The van der Waals surface area contributed by atoms with E-state index in [0.29, 0.717) is 0 Å². The average molecular weight is 748 g/mol. The zero-order valence-electron chi connectivity index (χ0n) is 32.3. The van der Waals surface area contributed by atoms with E-state index in [2.05, 4.69) is 229 Å². The molecule has 0 unspecified atom stereocenters. The standard InChI is InChI=1S/C58H37N/c1-2-13-41(14-3-1)57-51-19-9-10-20-52(51)58(48-27-26-45-32-42-15-6-7-16-43(42)33-49(45)34-48)53-31-29-46(36-54(53)57)39-22-24-40(25-23-39)56-37-47-18-8-11-21-55(47)59(56)50-30-28-38-12-4-5-17-44(38)35-50/h1-37H. The summed E-state index contributed by atoms with van der Waals surface area (Å²) in [5.41, 5.74) is 12.1. The van der Waals surface area contributed by atoms with Crippen LogP contribution in [0.1, 0.15) is 0 Å². The average Bonchev–Trinajstić information content (AvgIpc) is 3.69. The van der Waals surface area contributed by atoms with Gasteiger partial charge in [0, 0.05) is 11.1 Å². The molecule has 1 nitrogen and oxygen atoms in total. The van der Waals surface area contributed by atoms with Gasteiger partial charge in [-0.2, -0.15) is 0 Å². The van der Waals surface area contributed by atoms with E-state index < -0.39 is 0 Å². The van der Waals surface area contributed by atoms with Gasteiger partial charge in [-0.1, -0.05) is 176 Å². The van der Waals surface area contributed by atoms with E-state index in [1.165, 1.54) is 109 Å². The molecule has 59 heavy (non-hydrogen) atoms. The molecular weight excluding hydrogens is 711 g/mol. The second-order valence-corrected chi connectivity index (χ2v) is 15.7. The topological polar surface area (TPSA) is 4.93 Å². The molecule has 0 aliphatic heterocycles. The van der Waals surface area contributed by atoms with Crippen molar-refractivity contribution in [3.63, 3.8) is 0 Å². The van der Waals surface area contributed by atoms with E-state index in [4.69, 9.17) is 0 Å². The molecule has 0 atom stereocenters. The Hall–Kier alpha value is -7.74. The highest BCUT2D eigenvalue weighted by Gasteiger charge is 2.19. The molecule has 274 valence electrons. The zero-order valence-corrected chi connectivity index (χ0v) is 32.3. The van der Waals surface area contributed by atoms with Crippen LogP contribution in [-0.2, 0) is 0 Å². The smallest absolute Gasteiger partial charge is 0.0540 e. The Labute approximate surface area is 342 Å². The third-order valence-corrected chi connectivity index (χ3v) is 12.3. The summed E-state index contributed by atoms with van der Waals surface area (Å²) in [6, 6.07) is 82.7. The van der Waals surface area contributed by atoms with E-state index in [1.54, 1.807) is 0 Å². The van der Waals surface area contributed by atoms with Crippen LogP contribution < -0.4 is 0 Å². The minimum Gasteiger partial charge on any atom is -0.309 e. The Bertz CT molecular complexity index is 3590. The monoisotopic (exact) mass is 747 g/mol. The Balaban J connectivity index is 1.03. The van der Waals surface area contributed by atoms with Crippen LogP contribution in [0.4, 0.5) is 0 Å². The highest BCUT2D eigenvalue weighted by molar-refractivity contribution is 6.22. The lowest BCUT2D eigenvalue weighted by Gasteiger charge is -2.19. The van der Waals surface area contributed by atoms with Gasteiger partial charge in [0.1, 0.15) is 0 Å². The van der Waals surface area contributed by atoms with E-state index in [1.807, 2.05) is 0 Å². The van der Waals surface area contributed by atoms with Gasteiger partial charge in [-0.05, 0) is 141 Å². The number of aromatic nitrogens is 1. The molecule has 0 spiro atoms. The normalized spacial score (nSPS) is 11.7. The molecule has 11 aromatic carbocycles.